The van der Waals surface area contributed by atoms with Crippen molar-refractivity contribution in [1.82, 2.24) is 19.2 Å². The number of anilines is 4. The number of hydrogen-bond donors (Lipinski definition) is 3. The summed E-state index contributed by atoms with van der Waals surface area (Å²) in [5.41, 5.74) is 1.93. The first-order valence-corrected chi connectivity index (χ1v) is 15.3. The van der Waals surface area contributed by atoms with Gasteiger partial charge in [-0.15, -0.1) is 0 Å². The van der Waals surface area contributed by atoms with Gasteiger partial charge in [0.05, 0.1) is 49.7 Å². The summed E-state index contributed by atoms with van der Waals surface area (Å²) < 4.78 is 36.1. The molecule has 230 valence electrons. The molecule has 0 spiro atoms. The number of nitrogens with one attached hydrogen (secondary N) is 2. The number of rotatable bonds is 10. The van der Waals surface area contributed by atoms with E-state index in [0.29, 0.717) is 23.2 Å². The Labute approximate surface area is 250 Å². The maximum atomic E-state index is 12.3. The van der Waals surface area contributed by atoms with E-state index in [4.69, 9.17) is 31.0 Å². The van der Waals surface area contributed by atoms with Gasteiger partial charge in [-0.3, -0.25) is 14.5 Å². The zero-order chi connectivity index (χ0) is 31.0. The number of nitrogens with zero attached hydrogens (tertiary/aromatic N) is 5. The largest absolute Gasteiger partial charge is 0.494 e. The molecule has 3 N–H and O–H groups in total. The van der Waals surface area contributed by atoms with Gasteiger partial charge in [0.1, 0.15) is 16.9 Å². The summed E-state index contributed by atoms with van der Waals surface area (Å²) in [6.45, 7) is 11.5. The Morgan fingerprint density at radius 1 is 1.21 bits per heavy atom. The summed E-state index contributed by atoms with van der Waals surface area (Å²) in [4.78, 5) is 33.9. The van der Waals surface area contributed by atoms with Crippen LogP contribution in [0.1, 0.15) is 13.8 Å². The normalized spacial score (nSPS) is 16.1. The number of carbonyl (C=O) groups excluding carboxylic acids is 1. The number of piperazine rings is 1. The molecule has 1 aromatic carbocycles. The number of amides is 1. The van der Waals surface area contributed by atoms with E-state index < -0.39 is 10.0 Å². The highest BCUT2D eigenvalue weighted by Crippen LogP contribution is 2.39. The second-order valence-electron chi connectivity index (χ2n) is 9.78. The average molecular weight is 626 g/mol. The van der Waals surface area contributed by atoms with Gasteiger partial charge >= 0.3 is 0 Å². The second-order valence-corrected chi connectivity index (χ2v) is 12.2. The van der Waals surface area contributed by atoms with E-state index in [-0.39, 0.29) is 48.4 Å². The van der Waals surface area contributed by atoms with Gasteiger partial charge in [0, 0.05) is 38.3 Å². The fourth-order valence-electron chi connectivity index (χ4n) is 4.38. The van der Waals surface area contributed by atoms with Crippen LogP contribution < -0.4 is 25.0 Å². The lowest BCUT2D eigenvalue weighted by molar-refractivity contribution is -0.122. The lowest BCUT2D eigenvalue weighted by Gasteiger charge is -2.39. The summed E-state index contributed by atoms with van der Waals surface area (Å²) in [5, 5.41) is 13.1. The summed E-state index contributed by atoms with van der Waals surface area (Å²) in [7, 11) is -1.71. The third kappa shape index (κ3) is 8.44. The van der Waals surface area contributed by atoms with Gasteiger partial charge in [-0.2, -0.15) is 9.29 Å². The van der Waals surface area contributed by atoms with Gasteiger partial charge in [-0.1, -0.05) is 18.2 Å². The molecule has 1 aromatic heterocycles. The van der Waals surface area contributed by atoms with Gasteiger partial charge < -0.3 is 30.1 Å². The zero-order valence-electron chi connectivity index (χ0n) is 23.9. The van der Waals surface area contributed by atoms with Crippen molar-refractivity contribution in [3.63, 3.8) is 0 Å². The highest BCUT2D eigenvalue weighted by molar-refractivity contribution is 7.88. The van der Waals surface area contributed by atoms with Crippen LogP contribution >= 0.6 is 11.6 Å². The molecule has 16 heteroatoms. The summed E-state index contributed by atoms with van der Waals surface area (Å²) >= 11 is 6.24. The molecule has 0 aliphatic carbocycles. The maximum absolute atomic E-state index is 12.3. The molecule has 2 aliphatic heterocycles. The predicted molar refractivity (Wildman–Crippen MR) is 161 cm³/mol. The summed E-state index contributed by atoms with van der Waals surface area (Å²) in [5.74, 6) is 0.504. The van der Waals surface area contributed by atoms with Crippen LogP contribution in [-0.2, 0) is 19.6 Å². The molecule has 0 saturated carbocycles. The predicted octanol–water partition coefficient (Wildman–Crippen LogP) is 2.26. The number of carbonyl (C=O) groups is 2. The Morgan fingerprint density at radius 3 is 2.40 bits per heavy atom. The number of benzene rings is 1. The van der Waals surface area contributed by atoms with E-state index in [1.807, 2.05) is 6.07 Å². The van der Waals surface area contributed by atoms with Crippen LogP contribution in [-0.4, -0.2) is 110 Å². The van der Waals surface area contributed by atoms with Crippen molar-refractivity contribution in [3.8, 4) is 11.6 Å². The molecule has 0 unspecified atom stereocenters. The van der Waals surface area contributed by atoms with Crippen molar-refractivity contribution in [1.29, 1.82) is 0 Å². The topological polar surface area (TPSA) is 167 Å². The van der Waals surface area contributed by atoms with Crippen LogP contribution in [0.5, 0.6) is 11.6 Å². The SMILES string of the molecule is C=CC(=O)Nc1cc(Nc2ncc(Cl)c(OC3CN(S(C)(=O)=O)C3)n2)c(OC)cc1N1CCN(C(C)C)CC1.O=CO. The van der Waals surface area contributed by atoms with Crippen molar-refractivity contribution in [2.45, 2.75) is 26.0 Å². The van der Waals surface area contributed by atoms with Crippen molar-refractivity contribution in [3.05, 3.63) is 36.0 Å². The molecule has 0 bridgehead atoms. The van der Waals surface area contributed by atoms with Crippen molar-refractivity contribution in [2.24, 2.45) is 0 Å². The number of aromatic nitrogens is 2. The van der Waals surface area contributed by atoms with Crippen molar-refractivity contribution in [2.75, 3.05) is 68.2 Å². The van der Waals surface area contributed by atoms with Crippen LogP contribution in [0, 0.1) is 0 Å². The lowest BCUT2D eigenvalue weighted by Crippen LogP contribution is -2.55. The first-order valence-electron chi connectivity index (χ1n) is 13.0. The van der Waals surface area contributed by atoms with Crippen LogP contribution in [0.2, 0.25) is 5.02 Å². The van der Waals surface area contributed by atoms with E-state index in [0.717, 1.165) is 38.1 Å². The molecule has 42 heavy (non-hydrogen) atoms. The van der Waals surface area contributed by atoms with E-state index in [1.54, 1.807) is 13.2 Å². The van der Waals surface area contributed by atoms with Gasteiger partial charge in [-0.05, 0) is 26.0 Å². The quantitative estimate of drug-likeness (QED) is 0.261. The standard InChI is InChI=1S/C25H34ClN7O5S.CH2O2/c1-6-23(34)28-19-11-20(22(37-4)12-21(19)32-9-7-31(8-10-32)16(2)3)29-25-27-13-18(26)24(30-25)38-17-14-33(15-17)39(5,35)36;2-1-3/h6,11-13,16-17H,1,7-10,14-15H2,2-5H3,(H,28,34)(H,27,29,30);1H,(H,2,3). The maximum Gasteiger partial charge on any atom is 0.290 e. The number of carboxylic acid groups (broad SMARTS) is 1. The first kappa shape index (κ1) is 32.8. The molecule has 14 nitrogen and oxygen atoms in total. The van der Waals surface area contributed by atoms with E-state index in [9.17, 15) is 13.2 Å². The zero-order valence-corrected chi connectivity index (χ0v) is 25.5. The molecule has 0 radical (unpaired) electrons. The number of hydrogen-bond acceptors (Lipinski definition) is 11. The monoisotopic (exact) mass is 625 g/mol. The average Bonchev–Trinajstić information content (AvgIpc) is 2.92. The van der Waals surface area contributed by atoms with E-state index in [1.165, 1.54) is 16.6 Å². The van der Waals surface area contributed by atoms with Crippen LogP contribution in [0.4, 0.5) is 23.0 Å². The fourth-order valence-corrected chi connectivity index (χ4v) is 5.39. The number of methoxy groups -OCH3 is 1. The van der Waals surface area contributed by atoms with Crippen LogP contribution in [0.25, 0.3) is 0 Å². The second kappa shape index (κ2) is 14.5. The number of halogens is 1. The number of ether oxygens (including phenoxy) is 2. The van der Waals surface area contributed by atoms with Gasteiger partial charge in [0.15, 0.2) is 0 Å². The Hall–Kier alpha value is -3.66. The Kier molecular flexibility index (Phi) is 11.3. The van der Waals surface area contributed by atoms with Gasteiger partial charge in [-0.25, -0.2) is 13.4 Å². The van der Waals surface area contributed by atoms with Gasteiger partial charge in [0.25, 0.3) is 6.47 Å². The van der Waals surface area contributed by atoms with Gasteiger partial charge in [0.2, 0.25) is 27.8 Å². The van der Waals surface area contributed by atoms with Crippen LogP contribution in [0.15, 0.2) is 31.0 Å². The Morgan fingerprint density at radius 2 is 1.86 bits per heavy atom. The number of sulfonamides is 1. The van der Waals surface area contributed by atoms with Crippen molar-refractivity contribution < 1.29 is 32.6 Å². The molecule has 0 atom stereocenters. The smallest absolute Gasteiger partial charge is 0.290 e. The van der Waals surface area contributed by atoms with E-state index in [2.05, 4.69) is 50.8 Å². The molecule has 2 saturated heterocycles. The first-order chi connectivity index (χ1) is 19.9. The molecule has 4 rings (SSSR count). The fraction of sp³-hybridized carbons (Fsp3) is 0.462. The third-order valence-corrected chi connectivity index (χ3v) is 8.16. The lowest BCUT2D eigenvalue weighted by atomic mass is 10.1. The molecule has 2 fully saturated rings. The Balaban J connectivity index is 0.00000155. The minimum Gasteiger partial charge on any atom is -0.494 e. The minimum absolute atomic E-state index is 0.131. The molecular weight excluding hydrogens is 590 g/mol. The Bertz CT molecular complexity index is 1380. The highest BCUT2D eigenvalue weighted by Gasteiger charge is 2.35. The summed E-state index contributed by atoms with van der Waals surface area (Å²) in [6.07, 6.45) is 3.40. The highest BCUT2D eigenvalue weighted by atomic mass is 35.5. The minimum atomic E-state index is -3.27. The van der Waals surface area contributed by atoms with E-state index >= 15 is 0 Å². The van der Waals surface area contributed by atoms with Crippen molar-refractivity contribution >= 4 is 57.0 Å². The van der Waals surface area contributed by atoms with Crippen LogP contribution in [0.3, 0.4) is 0 Å². The molecule has 1 amide bonds. The summed E-state index contributed by atoms with van der Waals surface area (Å²) in [6, 6.07) is 4.09. The molecule has 2 aromatic rings. The molecular formula is C26H36ClN7O7S. The molecule has 2 aliphatic rings. The molecule has 3 heterocycles. The third-order valence-electron chi connectivity index (χ3n) is 6.67.